The lowest BCUT2D eigenvalue weighted by molar-refractivity contribution is 1.56. The molecule has 3 aromatic carbocycles. The molecule has 0 bridgehead atoms. The minimum atomic E-state index is 1.20. The van der Waals surface area contributed by atoms with Crippen LogP contribution in [0.5, 0.6) is 0 Å². The van der Waals surface area contributed by atoms with Crippen molar-refractivity contribution in [2.45, 2.75) is 0 Å². The SMILES string of the molecule is [c]1ccc2c(c1)ccc1c3ccccc3[nH]c21. The minimum absolute atomic E-state index is 1.20. The Morgan fingerprint density at radius 1 is 0.824 bits per heavy atom. The van der Waals surface area contributed by atoms with E-state index in [2.05, 4.69) is 53.5 Å². The molecule has 0 aliphatic rings. The number of H-pyrrole nitrogens is 1. The van der Waals surface area contributed by atoms with Crippen LogP contribution >= 0.6 is 0 Å². The summed E-state index contributed by atoms with van der Waals surface area (Å²) in [6, 6.07) is 22.0. The molecule has 0 spiro atoms. The highest BCUT2D eigenvalue weighted by Crippen LogP contribution is 2.30. The lowest BCUT2D eigenvalue weighted by Crippen LogP contribution is -1.74. The molecule has 0 atom stereocenters. The topological polar surface area (TPSA) is 15.8 Å². The summed E-state index contributed by atoms with van der Waals surface area (Å²) >= 11 is 0. The highest BCUT2D eigenvalue weighted by molar-refractivity contribution is 6.16. The number of rotatable bonds is 0. The Hall–Kier alpha value is -2.28. The molecule has 0 amide bonds. The molecular weight excluding hydrogens is 206 g/mol. The number of aromatic amines is 1. The first-order valence-electron chi connectivity index (χ1n) is 5.73. The van der Waals surface area contributed by atoms with E-state index in [1.165, 1.54) is 32.6 Å². The van der Waals surface area contributed by atoms with Crippen LogP contribution in [-0.4, -0.2) is 4.98 Å². The van der Waals surface area contributed by atoms with Crippen LogP contribution in [0.25, 0.3) is 32.6 Å². The summed E-state index contributed by atoms with van der Waals surface area (Å²) in [6.45, 7) is 0. The average Bonchev–Trinajstić information content (AvgIpc) is 2.78. The fourth-order valence-electron chi connectivity index (χ4n) is 2.53. The first kappa shape index (κ1) is 8.82. The average molecular weight is 216 g/mol. The van der Waals surface area contributed by atoms with Crippen LogP contribution in [0.1, 0.15) is 0 Å². The van der Waals surface area contributed by atoms with Gasteiger partial charge < -0.3 is 4.98 Å². The van der Waals surface area contributed by atoms with E-state index in [4.69, 9.17) is 0 Å². The van der Waals surface area contributed by atoms with Gasteiger partial charge >= 0.3 is 0 Å². The van der Waals surface area contributed by atoms with E-state index in [-0.39, 0.29) is 0 Å². The largest absolute Gasteiger partial charge is 0.354 e. The van der Waals surface area contributed by atoms with Crippen molar-refractivity contribution in [2.75, 3.05) is 0 Å². The Morgan fingerprint density at radius 3 is 2.76 bits per heavy atom. The van der Waals surface area contributed by atoms with E-state index >= 15 is 0 Å². The zero-order valence-electron chi connectivity index (χ0n) is 9.20. The molecule has 0 fully saturated rings. The molecule has 1 nitrogen and oxygen atoms in total. The lowest BCUT2D eigenvalue weighted by atomic mass is 10.1. The molecule has 1 N–H and O–H groups in total. The maximum atomic E-state index is 3.51. The molecule has 4 rings (SSSR count). The molecular formula is C16H10N. The van der Waals surface area contributed by atoms with Crippen molar-refractivity contribution in [3.8, 4) is 0 Å². The van der Waals surface area contributed by atoms with Crippen LogP contribution < -0.4 is 0 Å². The van der Waals surface area contributed by atoms with Crippen molar-refractivity contribution < 1.29 is 0 Å². The lowest BCUT2D eigenvalue weighted by Gasteiger charge is -1.98. The smallest absolute Gasteiger partial charge is 0.0544 e. The Bertz CT molecular complexity index is 840. The van der Waals surface area contributed by atoms with E-state index in [0.29, 0.717) is 0 Å². The Morgan fingerprint density at radius 2 is 1.76 bits per heavy atom. The van der Waals surface area contributed by atoms with Gasteiger partial charge in [-0.2, -0.15) is 0 Å². The maximum absolute atomic E-state index is 3.51. The number of fused-ring (bicyclic) bond motifs is 5. The molecule has 17 heavy (non-hydrogen) atoms. The zero-order valence-corrected chi connectivity index (χ0v) is 9.20. The summed E-state index contributed by atoms with van der Waals surface area (Å²) in [5.74, 6) is 0. The first-order valence-corrected chi connectivity index (χ1v) is 5.73. The van der Waals surface area contributed by atoms with Crippen molar-refractivity contribution in [3.63, 3.8) is 0 Å². The Balaban J connectivity index is 2.34. The molecule has 0 aliphatic heterocycles. The number of aromatic nitrogens is 1. The van der Waals surface area contributed by atoms with E-state index in [9.17, 15) is 0 Å². The van der Waals surface area contributed by atoms with Crippen LogP contribution in [0.3, 0.4) is 0 Å². The van der Waals surface area contributed by atoms with Crippen LogP contribution in [0.15, 0.2) is 54.6 Å². The van der Waals surface area contributed by atoms with Crippen molar-refractivity contribution in [2.24, 2.45) is 0 Å². The summed E-state index contributed by atoms with van der Waals surface area (Å²) in [5, 5.41) is 5.07. The van der Waals surface area contributed by atoms with Gasteiger partial charge in [-0.3, -0.25) is 0 Å². The van der Waals surface area contributed by atoms with Crippen LogP contribution in [0.4, 0.5) is 0 Å². The highest BCUT2D eigenvalue weighted by atomic mass is 14.7. The summed E-state index contributed by atoms with van der Waals surface area (Å²) in [4.78, 5) is 3.51. The van der Waals surface area contributed by atoms with Gasteiger partial charge in [0, 0.05) is 21.7 Å². The van der Waals surface area contributed by atoms with Crippen LogP contribution in [0, 0.1) is 6.07 Å². The Labute approximate surface area is 98.7 Å². The van der Waals surface area contributed by atoms with E-state index in [0.717, 1.165) is 0 Å². The standard InChI is InChI=1S/C16H10N/c1-2-6-12-11(5-1)9-10-14-13-7-3-4-8-15(13)17-16(12)14/h2-10,17H. The second kappa shape index (κ2) is 3.11. The van der Waals surface area contributed by atoms with Crippen LogP contribution in [-0.2, 0) is 0 Å². The molecule has 0 saturated carbocycles. The molecule has 79 valence electrons. The molecule has 1 heterocycles. The third kappa shape index (κ3) is 1.14. The predicted octanol–water partition coefficient (Wildman–Crippen LogP) is 4.27. The second-order valence-corrected chi connectivity index (χ2v) is 4.31. The fraction of sp³-hybridized carbons (Fsp3) is 0. The van der Waals surface area contributed by atoms with E-state index < -0.39 is 0 Å². The Kier molecular flexibility index (Phi) is 1.61. The quantitative estimate of drug-likeness (QED) is 0.451. The monoisotopic (exact) mass is 216 g/mol. The van der Waals surface area contributed by atoms with Gasteiger partial charge in [-0.15, -0.1) is 0 Å². The molecule has 0 saturated heterocycles. The molecule has 4 aromatic rings. The number of hydrogen-bond donors (Lipinski definition) is 1. The number of hydrogen-bond acceptors (Lipinski definition) is 0. The zero-order chi connectivity index (χ0) is 11.2. The van der Waals surface area contributed by atoms with Crippen molar-refractivity contribution in [1.29, 1.82) is 0 Å². The molecule has 1 radical (unpaired) electrons. The highest BCUT2D eigenvalue weighted by Gasteiger charge is 2.05. The van der Waals surface area contributed by atoms with E-state index in [1.807, 2.05) is 12.1 Å². The van der Waals surface area contributed by atoms with Gasteiger partial charge in [-0.25, -0.2) is 0 Å². The molecule has 1 aromatic heterocycles. The summed E-state index contributed by atoms with van der Waals surface area (Å²) < 4.78 is 0. The normalized spacial score (nSPS) is 11.5. The third-order valence-corrected chi connectivity index (χ3v) is 3.34. The number of benzene rings is 3. The summed E-state index contributed by atoms with van der Waals surface area (Å²) in [5.41, 5.74) is 2.42. The van der Waals surface area contributed by atoms with Gasteiger partial charge in [0.25, 0.3) is 0 Å². The minimum Gasteiger partial charge on any atom is -0.354 e. The number of para-hydroxylation sites is 1. The third-order valence-electron chi connectivity index (χ3n) is 3.34. The molecule has 1 heteroatoms. The van der Waals surface area contributed by atoms with Gasteiger partial charge in [0.15, 0.2) is 0 Å². The second-order valence-electron chi connectivity index (χ2n) is 4.31. The van der Waals surface area contributed by atoms with Crippen molar-refractivity contribution in [1.82, 2.24) is 4.98 Å². The van der Waals surface area contributed by atoms with Gasteiger partial charge in [-0.1, -0.05) is 42.5 Å². The van der Waals surface area contributed by atoms with Crippen molar-refractivity contribution in [3.05, 3.63) is 60.7 Å². The van der Waals surface area contributed by atoms with Gasteiger partial charge in [0.1, 0.15) is 0 Å². The first-order chi connectivity index (χ1) is 8.43. The van der Waals surface area contributed by atoms with Gasteiger partial charge in [0.2, 0.25) is 0 Å². The number of nitrogens with one attached hydrogen (secondary N) is 1. The van der Waals surface area contributed by atoms with Gasteiger partial charge in [-0.05, 0) is 23.6 Å². The maximum Gasteiger partial charge on any atom is 0.0544 e. The van der Waals surface area contributed by atoms with Crippen LogP contribution in [0.2, 0.25) is 0 Å². The van der Waals surface area contributed by atoms with Gasteiger partial charge in [0.05, 0.1) is 5.52 Å². The van der Waals surface area contributed by atoms with Crippen molar-refractivity contribution >= 4 is 32.6 Å². The molecule has 0 aliphatic carbocycles. The molecule has 0 unspecified atom stereocenters. The van der Waals surface area contributed by atoms with E-state index in [1.54, 1.807) is 0 Å². The summed E-state index contributed by atoms with van der Waals surface area (Å²) in [6.07, 6.45) is 0. The fourth-order valence-corrected chi connectivity index (χ4v) is 2.53. The predicted molar refractivity (Wildman–Crippen MR) is 72.1 cm³/mol. The summed E-state index contributed by atoms with van der Waals surface area (Å²) in [7, 11) is 0.